The van der Waals surface area contributed by atoms with Crippen molar-refractivity contribution in [3.63, 3.8) is 0 Å². The molecule has 2 rings (SSSR count). The molecule has 0 unspecified atom stereocenters. The van der Waals surface area contributed by atoms with Gasteiger partial charge < -0.3 is 20.1 Å². The predicted molar refractivity (Wildman–Crippen MR) is 83.0 cm³/mol. The number of hydrogen-bond donors (Lipinski definition) is 2. The molecule has 116 valence electrons. The summed E-state index contributed by atoms with van der Waals surface area (Å²) in [5, 5.41) is 5.69. The van der Waals surface area contributed by atoms with Crippen LogP contribution in [0.2, 0.25) is 0 Å². The van der Waals surface area contributed by atoms with Crippen LogP contribution in [0.3, 0.4) is 0 Å². The van der Waals surface area contributed by atoms with Gasteiger partial charge in [0.2, 0.25) is 0 Å². The molecule has 0 aliphatic carbocycles. The summed E-state index contributed by atoms with van der Waals surface area (Å²) in [6.07, 6.45) is 4.64. The van der Waals surface area contributed by atoms with Gasteiger partial charge in [-0.25, -0.2) is 4.79 Å². The number of aryl methyl sites for hydroxylation is 1. The number of anilines is 1. The molecule has 2 amide bonds. The quantitative estimate of drug-likeness (QED) is 0.876. The third kappa shape index (κ3) is 4.93. The Morgan fingerprint density at radius 1 is 1.43 bits per heavy atom. The normalized spacial score (nSPS) is 18.1. The first-order chi connectivity index (χ1) is 10.2. The molecule has 1 saturated heterocycles. The fraction of sp³-hybridized carbons (Fsp3) is 0.562. The Morgan fingerprint density at radius 2 is 2.29 bits per heavy atom. The number of methoxy groups -OCH3 is 1. The highest BCUT2D eigenvalue weighted by molar-refractivity contribution is 5.89. The molecular weight excluding hydrogens is 268 g/mol. The molecule has 0 saturated carbocycles. The van der Waals surface area contributed by atoms with Crippen molar-refractivity contribution >= 4 is 11.7 Å². The Kier molecular flexibility index (Phi) is 5.87. The zero-order valence-corrected chi connectivity index (χ0v) is 12.8. The molecule has 1 aliphatic heterocycles. The van der Waals surface area contributed by atoms with Crippen LogP contribution in [0, 0.1) is 6.92 Å². The highest BCUT2D eigenvalue weighted by Gasteiger charge is 2.13. The molecular formula is C16H24N2O3. The smallest absolute Gasteiger partial charge is 0.319 e. The molecule has 1 aromatic carbocycles. The third-order valence-corrected chi connectivity index (χ3v) is 3.68. The molecule has 2 N–H and O–H groups in total. The van der Waals surface area contributed by atoms with Crippen LogP contribution in [0.5, 0.6) is 5.75 Å². The Balaban J connectivity index is 1.72. The van der Waals surface area contributed by atoms with E-state index in [0.29, 0.717) is 12.6 Å². The Hall–Kier alpha value is -1.75. The zero-order chi connectivity index (χ0) is 15.1. The number of urea groups is 1. The van der Waals surface area contributed by atoms with Crippen LogP contribution in [-0.4, -0.2) is 32.4 Å². The molecule has 0 radical (unpaired) electrons. The van der Waals surface area contributed by atoms with Crippen LogP contribution in [0.15, 0.2) is 18.2 Å². The summed E-state index contributed by atoms with van der Waals surface area (Å²) >= 11 is 0. The summed E-state index contributed by atoms with van der Waals surface area (Å²) in [7, 11) is 1.63. The predicted octanol–water partition coefficient (Wildman–Crippen LogP) is 3.08. The lowest BCUT2D eigenvalue weighted by Crippen LogP contribution is -2.32. The minimum atomic E-state index is -0.185. The van der Waals surface area contributed by atoms with Crippen LogP contribution >= 0.6 is 0 Å². The molecule has 5 heteroatoms. The Labute approximate surface area is 126 Å². The van der Waals surface area contributed by atoms with Gasteiger partial charge in [-0.05, 0) is 56.4 Å². The van der Waals surface area contributed by atoms with E-state index in [-0.39, 0.29) is 6.03 Å². The first-order valence-corrected chi connectivity index (χ1v) is 7.50. The molecule has 1 atom stereocenters. The van der Waals surface area contributed by atoms with Gasteiger partial charge in [0.1, 0.15) is 5.75 Å². The number of benzene rings is 1. The number of amides is 2. The molecule has 1 heterocycles. The zero-order valence-electron chi connectivity index (χ0n) is 12.8. The van der Waals surface area contributed by atoms with Gasteiger partial charge in [-0.1, -0.05) is 0 Å². The van der Waals surface area contributed by atoms with Crippen LogP contribution in [0.1, 0.15) is 31.2 Å². The maximum Gasteiger partial charge on any atom is 0.319 e. The number of rotatable bonds is 5. The van der Waals surface area contributed by atoms with Crippen molar-refractivity contribution in [1.29, 1.82) is 0 Å². The summed E-state index contributed by atoms with van der Waals surface area (Å²) in [5.74, 6) is 0.815. The number of hydrogen-bond acceptors (Lipinski definition) is 3. The molecule has 0 spiro atoms. The van der Waals surface area contributed by atoms with E-state index in [1.54, 1.807) is 7.11 Å². The summed E-state index contributed by atoms with van der Waals surface area (Å²) in [5.41, 5.74) is 1.76. The molecule has 5 nitrogen and oxygen atoms in total. The van der Waals surface area contributed by atoms with Crippen LogP contribution < -0.4 is 15.4 Å². The SMILES string of the molecule is COc1ccc(NC(=O)NCC[C@@H]2CCCCO2)cc1C. The maximum atomic E-state index is 11.8. The highest BCUT2D eigenvalue weighted by Crippen LogP contribution is 2.21. The fourth-order valence-electron chi connectivity index (χ4n) is 2.51. The van der Waals surface area contributed by atoms with Crippen molar-refractivity contribution in [3.05, 3.63) is 23.8 Å². The number of carbonyl (C=O) groups is 1. The van der Waals surface area contributed by atoms with Crippen molar-refractivity contribution in [2.75, 3.05) is 25.6 Å². The van der Waals surface area contributed by atoms with Crippen molar-refractivity contribution in [2.24, 2.45) is 0 Å². The van der Waals surface area contributed by atoms with E-state index in [9.17, 15) is 4.79 Å². The minimum Gasteiger partial charge on any atom is -0.496 e. The van der Waals surface area contributed by atoms with Crippen LogP contribution in [0.25, 0.3) is 0 Å². The van der Waals surface area contributed by atoms with Gasteiger partial charge in [0.05, 0.1) is 13.2 Å². The minimum absolute atomic E-state index is 0.185. The summed E-state index contributed by atoms with van der Waals surface area (Å²) in [4.78, 5) is 11.8. The number of nitrogens with one attached hydrogen (secondary N) is 2. The monoisotopic (exact) mass is 292 g/mol. The molecule has 21 heavy (non-hydrogen) atoms. The van der Waals surface area contributed by atoms with E-state index in [2.05, 4.69) is 10.6 Å². The largest absolute Gasteiger partial charge is 0.496 e. The van der Waals surface area contributed by atoms with E-state index >= 15 is 0 Å². The van der Waals surface area contributed by atoms with Crippen molar-refractivity contribution < 1.29 is 14.3 Å². The summed E-state index contributed by atoms with van der Waals surface area (Å²) in [6.45, 7) is 3.43. The van der Waals surface area contributed by atoms with Gasteiger partial charge in [0.25, 0.3) is 0 Å². The van der Waals surface area contributed by atoms with Crippen LogP contribution in [-0.2, 0) is 4.74 Å². The number of carbonyl (C=O) groups excluding carboxylic acids is 1. The third-order valence-electron chi connectivity index (χ3n) is 3.68. The first-order valence-electron chi connectivity index (χ1n) is 7.50. The second-order valence-corrected chi connectivity index (χ2v) is 5.34. The van der Waals surface area contributed by atoms with Crippen molar-refractivity contribution in [1.82, 2.24) is 5.32 Å². The molecule has 1 fully saturated rings. The van der Waals surface area contributed by atoms with Gasteiger partial charge in [-0.2, -0.15) is 0 Å². The first kappa shape index (κ1) is 15.6. The van der Waals surface area contributed by atoms with E-state index < -0.39 is 0 Å². The average Bonchev–Trinajstić information content (AvgIpc) is 2.48. The maximum absolute atomic E-state index is 11.8. The molecule has 1 aliphatic rings. The van der Waals surface area contributed by atoms with Gasteiger partial charge in [0.15, 0.2) is 0 Å². The Morgan fingerprint density at radius 3 is 2.95 bits per heavy atom. The van der Waals surface area contributed by atoms with Gasteiger partial charge in [0, 0.05) is 18.8 Å². The standard InChI is InChI=1S/C16H24N2O3/c1-12-11-13(6-7-15(12)20-2)18-16(19)17-9-8-14-5-3-4-10-21-14/h6-7,11,14H,3-5,8-10H2,1-2H3,(H2,17,18,19)/t14-/m0/s1. The van der Waals surface area contributed by atoms with E-state index in [1.165, 1.54) is 6.42 Å². The fourth-order valence-corrected chi connectivity index (χ4v) is 2.51. The second-order valence-electron chi connectivity index (χ2n) is 5.34. The van der Waals surface area contributed by atoms with E-state index in [1.807, 2.05) is 25.1 Å². The lowest BCUT2D eigenvalue weighted by molar-refractivity contribution is 0.0120. The lowest BCUT2D eigenvalue weighted by Gasteiger charge is -2.22. The average molecular weight is 292 g/mol. The van der Waals surface area contributed by atoms with Crippen LogP contribution in [0.4, 0.5) is 10.5 Å². The highest BCUT2D eigenvalue weighted by atomic mass is 16.5. The summed E-state index contributed by atoms with van der Waals surface area (Å²) in [6, 6.07) is 5.38. The van der Waals surface area contributed by atoms with Gasteiger partial charge in [-0.15, -0.1) is 0 Å². The van der Waals surface area contributed by atoms with E-state index in [0.717, 1.165) is 42.9 Å². The van der Waals surface area contributed by atoms with E-state index in [4.69, 9.17) is 9.47 Å². The molecule has 0 bridgehead atoms. The van der Waals surface area contributed by atoms with Gasteiger partial charge >= 0.3 is 6.03 Å². The second kappa shape index (κ2) is 7.88. The molecule has 0 aromatic heterocycles. The Bertz CT molecular complexity index is 471. The van der Waals surface area contributed by atoms with Gasteiger partial charge in [-0.3, -0.25) is 0 Å². The van der Waals surface area contributed by atoms with Crippen molar-refractivity contribution in [2.45, 2.75) is 38.7 Å². The molecule has 1 aromatic rings. The summed E-state index contributed by atoms with van der Waals surface area (Å²) < 4.78 is 10.8. The van der Waals surface area contributed by atoms with Crippen molar-refractivity contribution in [3.8, 4) is 5.75 Å². The topological polar surface area (TPSA) is 59.6 Å². The lowest BCUT2D eigenvalue weighted by atomic mass is 10.1. The number of ether oxygens (including phenoxy) is 2.